The molecule has 146 valence electrons. The Hall–Kier alpha value is -2.30. The van der Waals surface area contributed by atoms with Gasteiger partial charge in [-0.05, 0) is 62.2 Å². The highest BCUT2D eigenvalue weighted by molar-refractivity contribution is 6.32. The predicted octanol–water partition coefficient (Wildman–Crippen LogP) is 5.35. The van der Waals surface area contributed by atoms with Crippen molar-refractivity contribution < 1.29 is 14.6 Å². The first kappa shape index (κ1) is 19.0. The molecule has 1 saturated heterocycles. The van der Waals surface area contributed by atoms with Crippen molar-refractivity contribution in [1.82, 2.24) is 4.90 Å². The van der Waals surface area contributed by atoms with Crippen LogP contribution in [0.15, 0.2) is 36.1 Å². The van der Waals surface area contributed by atoms with Gasteiger partial charge >= 0.3 is 0 Å². The number of fused-ring (bicyclic) bond motifs is 1. The van der Waals surface area contributed by atoms with Crippen molar-refractivity contribution >= 4 is 23.5 Å². The van der Waals surface area contributed by atoms with Crippen LogP contribution >= 0.6 is 11.6 Å². The molecule has 2 aliphatic rings. The maximum Gasteiger partial charge on any atom is 0.232 e. The molecule has 0 atom stereocenters. The first-order chi connectivity index (χ1) is 13.5. The van der Waals surface area contributed by atoms with Gasteiger partial charge in [0, 0.05) is 11.6 Å². The first-order valence-corrected chi connectivity index (χ1v) is 10.2. The highest BCUT2D eigenvalue weighted by atomic mass is 35.5. The van der Waals surface area contributed by atoms with Crippen molar-refractivity contribution in [3.63, 3.8) is 0 Å². The summed E-state index contributed by atoms with van der Waals surface area (Å²) in [7, 11) is 0. The molecule has 0 unspecified atom stereocenters. The number of nitrogens with zero attached hydrogens (tertiary/aromatic N) is 1. The Morgan fingerprint density at radius 1 is 1.18 bits per heavy atom. The number of hydrogen-bond acceptors (Lipinski definition) is 4. The highest BCUT2D eigenvalue weighted by Crippen LogP contribution is 2.42. The van der Waals surface area contributed by atoms with Crippen molar-refractivity contribution in [3.8, 4) is 11.5 Å². The number of ketones is 1. The lowest BCUT2D eigenvalue weighted by molar-refractivity contribution is 0.101. The van der Waals surface area contributed by atoms with Crippen LogP contribution in [0, 0.1) is 6.92 Å². The lowest BCUT2D eigenvalue weighted by atomic mass is 9.99. The van der Waals surface area contributed by atoms with E-state index in [2.05, 4.69) is 4.90 Å². The molecule has 0 radical (unpaired) electrons. The molecular weight excluding hydrogens is 374 g/mol. The van der Waals surface area contributed by atoms with Gasteiger partial charge < -0.3 is 9.84 Å². The zero-order valence-corrected chi connectivity index (χ0v) is 16.8. The van der Waals surface area contributed by atoms with Gasteiger partial charge in [-0.3, -0.25) is 9.69 Å². The number of carbonyl (C=O) groups is 1. The minimum absolute atomic E-state index is 0.162. The maximum absolute atomic E-state index is 13.0. The van der Waals surface area contributed by atoms with E-state index in [-0.39, 0.29) is 17.3 Å². The van der Waals surface area contributed by atoms with Crippen molar-refractivity contribution in [2.45, 2.75) is 39.2 Å². The van der Waals surface area contributed by atoms with Crippen LogP contribution in [0.3, 0.4) is 0 Å². The quantitative estimate of drug-likeness (QED) is 0.709. The summed E-state index contributed by atoms with van der Waals surface area (Å²) in [6.07, 6.45) is 6.48. The van der Waals surface area contributed by atoms with E-state index < -0.39 is 0 Å². The topological polar surface area (TPSA) is 49.8 Å². The molecule has 4 rings (SSSR count). The molecule has 2 heterocycles. The van der Waals surface area contributed by atoms with Gasteiger partial charge in [0.1, 0.15) is 11.5 Å². The number of hydrogen-bond donors (Lipinski definition) is 1. The molecule has 2 aromatic carbocycles. The number of Topliss-reactive ketones (excluding diaryl/α,β-unsaturated/α-hetero) is 1. The molecule has 0 amide bonds. The Morgan fingerprint density at radius 3 is 2.61 bits per heavy atom. The summed E-state index contributed by atoms with van der Waals surface area (Å²) in [4.78, 5) is 15.3. The third kappa shape index (κ3) is 3.67. The van der Waals surface area contributed by atoms with Gasteiger partial charge in [0.2, 0.25) is 5.78 Å². The number of likely N-dealkylation sites (tertiary alicyclic amines) is 1. The van der Waals surface area contributed by atoms with Crippen LogP contribution in [0.4, 0.5) is 0 Å². The molecule has 1 fully saturated rings. The highest BCUT2D eigenvalue weighted by Gasteiger charge is 2.33. The van der Waals surface area contributed by atoms with Crippen LogP contribution in [-0.4, -0.2) is 28.9 Å². The Balaban J connectivity index is 1.70. The summed E-state index contributed by atoms with van der Waals surface area (Å²) in [5.74, 6) is 0.760. The smallest absolute Gasteiger partial charge is 0.232 e. The average molecular weight is 398 g/mol. The lowest BCUT2D eigenvalue weighted by Crippen LogP contribution is -2.24. The second-order valence-corrected chi connectivity index (χ2v) is 7.95. The number of ether oxygens (including phenoxy) is 1. The molecule has 0 saturated carbocycles. The zero-order chi connectivity index (χ0) is 19.7. The van der Waals surface area contributed by atoms with Gasteiger partial charge in [-0.15, -0.1) is 0 Å². The number of aryl methyl sites for hydroxylation is 1. The largest absolute Gasteiger partial charge is 0.507 e. The summed E-state index contributed by atoms with van der Waals surface area (Å²) in [6, 6.07) is 9.01. The Morgan fingerprint density at radius 2 is 1.89 bits per heavy atom. The van der Waals surface area contributed by atoms with Crippen LogP contribution in [0.1, 0.15) is 52.7 Å². The van der Waals surface area contributed by atoms with Gasteiger partial charge in [0.25, 0.3) is 0 Å². The minimum Gasteiger partial charge on any atom is -0.507 e. The summed E-state index contributed by atoms with van der Waals surface area (Å²) in [6.45, 7) is 4.41. The van der Waals surface area contributed by atoms with Crippen LogP contribution in [0.2, 0.25) is 5.02 Å². The molecule has 5 heteroatoms. The zero-order valence-electron chi connectivity index (χ0n) is 16.0. The van der Waals surface area contributed by atoms with Crippen molar-refractivity contribution in [2.75, 3.05) is 13.1 Å². The third-order valence-corrected chi connectivity index (χ3v) is 5.84. The van der Waals surface area contributed by atoms with E-state index in [0.29, 0.717) is 28.4 Å². The van der Waals surface area contributed by atoms with E-state index in [9.17, 15) is 9.90 Å². The molecule has 2 aliphatic heterocycles. The fraction of sp³-hybridized carbons (Fsp3) is 0.348. The number of halogens is 1. The number of rotatable bonds is 3. The van der Waals surface area contributed by atoms with E-state index in [1.807, 2.05) is 25.1 Å². The molecule has 4 nitrogen and oxygen atoms in total. The fourth-order valence-corrected chi connectivity index (χ4v) is 4.17. The minimum atomic E-state index is -0.162. The Kier molecular flexibility index (Phi) is 5.42. The van der Waals surface area contributed by atoms with E-state index in [1.54, 1.807) is 18.2 Å². The summed E-state index contributed by atoms with van der Waals surface area (Å²) in [5, 5.41) is 11.2. The lowest BCUT2D eigenvalue weighted by Gasteiger charge is -2.22. The van der Waals surface area contributed by atoms with Gasteiger partial charge in [-0.25, -0.2) is 0 Å². The standard InChI is InChI=1S/C23H24ClNO3/c1-15-12-19(26)17(14-25-10-6-2-3-7-11-25)23-21(15)22(27)20(28-23)13-16-8-4-5-9-18(16)24/h4-5,8-9,12-13,26H,2-3,6-7,10-11,14H2,1H3/b20-13-. The second kappa shape index (κ2) is 7.98. The fourth-order valence-electron chi connectivity index (χ4n) is 3.98. The number of benzene rings is 2. The van der Waals surface area contributed by atoms with Gasteiger partial charge in [0.05, 0.1) is 11.1 Å². The van der Waals surface area contributed by atoms with Crippen LogP contribution in [0.25, 0.3) is 6.08 Å². The maximum atomic E-state index is 13.0. The number of aromatic hydroxyl groups is 1. The second-order valence-electron chi connectivity index (χ2n) is 7.55. The summed E-state index contributed by atoms with van der Waals surface area (Å²) >= 11 is 6.24. The molecular formula is C23H24ClNO3. The SMILES string of the molecule is Cc1cc(O)c(CN2CCCCCC2)c2c1C(=O)/C(=C/c1ccccc1Cl)O2. The number of allylic oxidation sites excluding steroid dienone is 1. The first-order valence-electron chi connectivity index (χ1n) is 9.81. The van der Waals surface area contributed by atoms with Gasteiger partial charge in [-0.1, -0.05) is 42.6 Å². The average Bonchev–Trinajstić information content (AvgIpc) is 2.83. The number of phenols is 1. The van der Waals surface area contributed by atoms with E-state index in [4.69, 9.17) is 16.3 Å². The predicted molar refractivity (Wildman–Crippen MR) is 111 cm³/mol. The van der Waals surface area contributed by atoms with Crippen LogP contribution in [-0.2, 0) is 6.54 Å². The van der Waals surface area contributed by atoms with E-state index in [1.165, 1.54) is 12.8 Å². The molecule has 0 aliphatic carbocycles. The Labute approximate surface area is 170 Å². The molecule has 0 bridgehead atoms. The van der Waals surface area contributed by atoms with Gasteiger partial charge in [-0.2, -0.15) is 0 Å². The van der Waals surface area contributed by atoms with Crippen molar-refractivity contribution in [2.24, 2.45) is 0 Å². The van der Waals surface area contributed by atoms with E-state index >= 15 is 0 Å². The van der Waals surface area contributed by atoms with Crippen LogP contribution < -0.4 is 4.74 Å². The molecule has 0 aromatic heterocycles. The number of carbonyl (C=O) groups excluding carboxylic acids is 1. The van der Waals surface area contributed by atoms with Crippen molar-refractivity contribution in [3.05, 3.63) is 63.4 Å². The molecule has 2 aromatic rings. The summed E-state index contributed by atoms with van der Waals surface area (Å²) < 4.78 is 6.01. The Bertz CT molecular complexity index is 943. The van der Waals surface area contributed by atoms with E-state index in [0.717, 1.165) is 37.1 Å². The molecule has 0 spiro atoms. The molecule has 1 N–H and O–H groups in total. The summed E-state index contributed by atoms with van der Waals surface area (Å²) in [5.41, 5.74) is 2.69. The van der Waals surface area contributed by atoms with Crippen molar-refractivity contribution in [1.29, 1.82) is 0 Å². The molecule has 28 heavy (non-hydrogen) atoms. The van der Waals surface area contributed by atoms with Crippen LogP contribution in [0.5, 0.6) is 11.5 Å². The number of phenolic OH excluding ortho intramolecular Hbond substituents is 1. The normalized spacial score (nSPS) is 18.8. The van der Waals surface area contributed by atoms with Gasteiger partial charge in [0.15, 0.2) is 5.76 Å². The third-order valence-electron chi connectivity index (χ3n) is 5.49. The monoisotopic (exact) mass is 397 g/mol.